The van der Waals surface area contributed by atoms with Crippen molar-refractivity contribution in [1.82, 2.24) is 14.9 Å². The molecule has 2 aromatic rings. The predicted molar refractivity (Wildman–Crippen MR) is 97.2 cm³/mol. The number of aliphatic hydroxyl groups excluding tert-OH is 2. The minimum Gasteiger partial charge on any atom is -0.396 e. The van der Waals surface area contributed by atoms with Crippen molar-refractivity contribution in [2.75, 3.05) is 19.7 Å². The van der Waals surface area contributed by atoms with Gasteiger partial charge in [-0.25, -0.2) is 4.39 Å². The first-order valence-electron chi connectivity index (χ1n) is 9.08. The van der Waals surface area contributed by atoms with Gasteiger partial charge in [0.1, 0.15) is 5.82 Å². The zero-order valence-corrected chi connectivity index (χ0v) is 15.1. The summed E-state index contributed by atoms with van der Waals surface area (Å²) in [4.78, 5) is 22.5. The maximum absolute atomic E-state index is 13.2. The molecule has 1 aliphatic heterocycles. The molecule has 6 nitrogen and oxygen atoms in total. The van der Waals surface area contributed by atoms with E-state index in [0.29, 0.717) is 32.2 Å². The van der Waals surface area contributed by atoms with Gasteiger partial charge < -0.3 is 15.1 Å². The van der Waals surface area contributed by atoms with Crippen LogP contribution in [0.15, 0.2) is 42.9 Å². The lowest BCUT2D eigenvalue weighted by atomic mass is 9.73. The smallest absolute Gasteiger partial charge is 0.222 e. The highest BCUT2D eigenvalue weighted by Gasteiger charge is 2.43. The Morgan fingerprint density at radius 2 is 2.07 bits per heavy atom. The van der Waals surface area contributed by atoms with Crippen molar-refractivity contribution < 1.29 is 19.4 Å². The molecule has 0 spiro atoms. The number of aryl methyl sites for hydroxylation is 1. The van der Waals surface area contributed by atoms with Crippen molar-refractivity contribution in [3.05, 3.63) is 59.9 Å². The van der Waals surface area contributed by atoms with E-state index in [0.717, 1.165) is 11.3 Å². The summed E-state index contributed by atoms with van der Waals surface area (Å²) in [5.41, 5.74) is 0.721. The molecule has 1 aliphatic rings. The van der Waals surface area contributed by atoms with E-state index in [-0.39, 0.29) is 24.9 Å². The Hall–Kier alpha value is -2.38. The Balaban J connectivity index is 1.67. The fraction of sp³-hybridized carbons (Fsp3) is 0.450. The molecule has 2 atom stereocenters. The van der Waals surface area contributed by atoms with E-state index in [1.165, 1.54) is 12.1 Å². The van der Waals surface area contributed by atoms with Crippen LogP contribution < -0.4 is 0 Å². The average molecular weight is 373 g/mol. The molecule has 144 valence electrons. The second-order valence-corrected chi connectivity index (χ2v) is 7.14. The monoisotopic (exact) mass is 373 g/mol. The fourth-order valence-corrected chi connectivity index (χ4v) is 3.61. The maximum atomic E-state index is 13.2. The van der Waals surface area contributed by atoms with Gasteiger partial charge in [0, 0.05) is 43.5 Å². The van der Waals surface area contributed by atoms with Crippen LogP contribution in [0.25, 0.3) is 0 Å². The van der Waals surface area contributed by atoms with E-state index in [4.69, 9.17) is 0 Å². The molecule has 0 saturated carbocycles. The first-order valence-corrected chi connectivity index (χ1v) is 9.08. The molecule has 0 aliphatic carbocycles. The number of carbonyl (C=O) groups is 1. The molecule has 0 unspecified atom stereocenters. The Kier molecular flexibility index (Phi) is 6.13. The lowest BCUT2D eigenvalue weighted by Crippen LogP contribution is -2.56. The molecule has 2 N–H and O–H groups in total. The second kappa shape index (κ2) is 8.54. The van der Waals surface area contributed by atoms with Gasteiger partial charge in [0.15, 0.2) is 0 Å². The fourth-order valence-electron chi connectivity index (χ4n) is 3.61. The van der Waals surface area contributed by atoms with Crippen molar-refractivity contribution in [2.24, 2.45) is 5.41 Å². The summed E-state index contributed by atoms with van der Waals surface area (Å²) in [6.07, 6.45) is 5.66. The Morgan fingerprint density at radius 1 is 1.30 bits per heavy atom. The van der Waals surface area contributed by atoms with E-state index in [1.807, 2.05) is 0 Å². The van der Waals surface area contributed by atoms with Crippen molar-refractivity contribution in [3.8, 4) is 0 Å². The number of halogens is 1. The van der Waals surface area contributed by atoms with Gasteiger partial charge in [-0.05, 0) is 37.0 Å². The molecule has 27 heavy (non-hydrogen) atoms. The van der Waals surface area contributed by atoms with Crippen LogP contribution in [0, 0.1) is 11.2 Å². The first kappa shape index (κ1) is 19.4. The number of carbonyl (C=O) groups excluding carboxylic acids is 1. The van der Waals surface area contributed by atoms with Crippen molar-refractivity contribution in [2.45, 2.75) is 31.8 Å². The summed E-state index contributed by atoms with van der Waals surface area (Å²) in [6, 6.07) is 6.02. The molecule has 0 bridgehead atoms. The zero-order chi connectivity index (χ0) is 19.3. The number of nitrogens with zero attached hydrogens (tertiary/aromatic N) is 3. The minimum absolute atomic E-state index is 0.0375. The molecule has 1 amide bonds. The summed E-state index contributed by atoms with van der Waals surface area (Å²) in [6.45, 7) is 0.465. The van der Waals surface area contributed by atoms with Crippen LogP contribution in [0.1, 0.15) is 24.1 Å². The van der Waals surface area contributed by atoms with Crippen LogP contribution in [0.2, 0.25) is 0 Å². The number of aromatic nitrogens is 2. The van der Waals surface area contributed by atoms with E-state index < -0.39 is 11.5 Å². The van der Waals surface area contributed by atoms with Crippen LogP contribution in [0.4, 0.5) is 4.39 Å². The van der Waals surface area contributed by atoms with Gasteiger partial charge in [-0.3, -0.25) is 14.8 Å². The molecule has 0 radical (unpaired) electrons. The highest BCUT2D eigenvalue weighted by atomic mass is 19.1. The lowest BCUT2D eigenvalue weighted by molar-refractivity contribution is -0.141. The zero-order valence-electron chi connectivity index (χ0n) is 15.1. The normalized spacial score (nSPS) is 22.6. The molecule has 1 aromatic heterocycles. The van der Waals surface area contributed by atoms with Crippen LogP contribution in [0.5, 0.6) is 0 Å². The molecule has 1 saturated heterocycles. The number of likely N-dealkylation sites (tertiary alicyclic amines) is 1. The summed E-state index contributed by atoms with van der Waals surface area (Å²) in [5, 5.41) is 20.6. The quantitative estimate of drug-likeness (QED) is 0.799. The Bertz CT molecular complexity index is 757. The number of amides is 1. The van der Waals surface area contributed by atoms with E-state index in [2.05, 4.69) is 9.97 Å². The number of aliphatic hydroxyl groups is 2. The van der Waals surface area contributed by atoms with Gasteiger partial charge in [0.25, 0.3) is 0 Å². The number of piperidine rings is 1. The number of hydrogen-bond acceptors (Lipinski definition) is 5. The molecular formula is C20H24FN3O3. The largest absolute Gasteiger partial charge is 0.396 e. The SMILES string of the molecule is O=C(CCc1cnccn1)N1CC[C@H](O)[C@@](CO)(Cc2ccc(F)cc2)C1. The number of rotatable bonds is 6. The topological polar surface area (TPSA) is 86.6 Å². The van der Waals surface area contributed by atoms with Crippen molar-refractivity contribution in [3.63, 3.8) is 0 Å². The van der Waals surface area contributed by atoms with Gasteiger partial charge in [-0.1, -0.05) is 12.1 Å². The summed E-state index contributed by atoms with van der Waals surface area (Å²) >= 11 is 0. The van der Waals surface area contributed by atoms with Gasteiger partial charge in [-0.15, -0.1) is 0 Å². The third-order valence-electron chi connectivity index (χ3n) is 5.23. The third kappa shape index (κ3) is 4.67. The maximum Gasteiger partial charge on any atom is 0.222 e. The Labute approximate surface area is 157 Å². The standard InChI is InChI=1S/C20H24FN3O3/c21-16-3-1-15(2-4-16)11-20(14-25)13-24(10-7-18(20)26)19(27)6-5-17-12-22-8-9-23-17/h1-4,8-9,12,18,25-26H,5-7,10-11,13-14H2/t18-,20-/m0/s1. The molecule has 3 rings (SSSR count). The summed E-state index contributed by atoms with van der Waals surface area (Å²) in [7, 11) is 0. The van der Waals surface area contributed by atoms with Crippen molar-refractivity contribution >= 4 is 5.91 Å². The van der Waals surface area contributed by atoms with E-state index >= 15 is 0 Å². The molecular weight excluding hydrogens is 349 g/mol. The number of benzene rings is 1. The number of hydrogen-bond donors (Lipinski definition) is 2. The molecule has 1 aromatic carbocycles. The molecule has 2 heterocycles. The van der Waals surface area contributed by atoms with E-state index in [9.17, 15) is 19.4 Å². The first-order chi connectivity index (χ1) is 13.0. The van der Waals surface area contributed by atoms with Gasteiger partial charge in [-0.2, -0.15) is 0 Å². The molecule has 1 fully saturated rings. The average Bonchev–Trinajstić information content (AvgIpc) is 2.70. The Morgan fingerprint density at radius 3 is 2.74 bits per heavy atom. The van der Waals surface area contributed by atoms with Crippen LogP contribution in [0.3, 0.4) is 0 Å². The predicted octanol–water partition coefficient (Wildman–Crippen LogP) is 1.36. The lowest BCUT2D eigenvalue weighted by Gasteiger charge is -2.45. The van der Waals surface area contributed by atoms with Crippen LogP contribution in [-0.2, 0) is 17.6 Å². The highest BCUT2D eigenvalue weighted by molar-refractivity contribution is 5.76. The van der Waals surface area contributed by atoms with Crippen LogP contribution in [-0.4, -0.2) is 56.8 Å². The van der Waals surface area contributed by atoms with Crippen LogP contribution >= 0.6 is 0 Å². The highest BCUT2D eigenvalue weighted by Crippen LogP contribution is 2.34. The van der Waals surface area contributed by atoms with Gasteiger partial charge in [0.2, 0.25) is 5.91 Å². The second-order valence-electron chi connectivity index (χ2n) is 7.14. The summed E-state index contributed by atoms with van der Waals surface area (Å²) in [5.74, 6) is -0.369. The summed E-state index contributed by atoms with van der Waals surface area (Å²) < 4.78 is 13.2. The third-order valence-corrected chi connectivity index (χ3v) is 5.23. The van der Waals surface area contributed by atoms with Gasteiger partial charge >= 0.3 is 0 Å². The molecule has 7 heteroatoms. The van der Waals surface area contributed by atoms with Crippen molar-refractivity contribution in [1.29, 1.82) is 0 Å². The van der Waals surface area contributed by atoms with Gasteiger partial charge in [0.05, 0.1) is 18.4 Å². The van der Waals surface area contributed by atoms with E-state index in [1.54, 1.807) is 35.6 Å². The minimum atomic E-state index is -0.849.